The lowest BCUT2D eigenvalue weighted by molar-refractivity contribution is 0.411. The van der Waals surface area contributed by atoms with Crippen molar-refractivity contribution in [1.82, 2.24) is 4.57 Å². The van der Waals surface area contributed by atoms with Gasteiger partial charge in [0, 0.05) is 17.6 Å². The number of hydrogen-bond acceptors (Lipinski definition) is 5. The molecule has 132 valence electrons. The number of benzene rings is 2. The summed E-state index contributed by atoms with van der Waals surface area (Å²) in [4.78, 5) is 11.8. The second-order valence-electron chi connectivity index (χ2n) is 5.73. The molecule has 0 fully saturated rings. The molecule has 25 heavy (non-hydrogen) atoms. The predicted molar refractivity (Wildman–Crippen MR) is 95.1 cm³/mol. The van der Waals surface area contributed by atoms with E-state index in [0.717, 1.165) is 0 Å². The number of fused-ring (bicyclic) bond motifs is 1. The molecule has 8 heteroatoms. The van der Waals surface area contributed by atoms with E-state index in [2.05, 4.69) is 0 Å². The quantitative estimate of drug-likeness (QED) is 0.694. The van der Waals surface area contributed by atoms with E-state index in [4.69, 9.17) is 20.8 Å². The number of halogens is 1. The molecular weight excluding hydrogens is 366 g/mol. The third kappa shape index (κ3) is 3.17. The second kappa shape index (κ2) is 6.24. The lowest BCUT2D eigenvalue weighted by atomic mass is 10.2. The number of aromatic nitrogens is 1. The van der Waals surface area contributed by atoms with E-state index in [1.807, 2.05) is 0 Å². The maximum absolute atomic E-state index is 12.9. The van der Waals surface area contributed by atoms with Crippen LogP contribution in [0.15, 0.2) is 44.4 Å². The SMILES string of the molecule is COc1ccc(Cl)cc1CS(=O)(=O)c1cc2c(cc1C)oc(=O)n2C. The monoisotopic (exact) mass is 381 g/mol. The molecule has 3 rings (SSSR count). The van der Waals surface area contributed by atoms with Gasteiger partial charge in [0.2, 0.25) is 0 Å². The molecule has 1 heterocycles. The minimum Gasteiger partial charge on any atom is -0.496 e. The molecule has 0 aliphatic rings. The number of methoxy groups -OCH3 is 1. The van der Waals surface area contributed by atoms with Gasteiger partial charge in [0.15, 0.2) is 15.4 Å². The number of nitrogens with zero attached hydrogens (tertiary/aromatic N) is 1. The van der Waals surface area contributed by atoms with Crippen molar-refractivity contribution < 1.29 is 17.6 Å². The summed E-state index contributed by atoms with van der Waals surface area (Å²) in [7, 11) is -0.690. The van der Waals surface area contributed by atoms with E-state index in [9.17, 15) is 13.2 Å². The third-order valence-corrected chi connectivity index (χ3v) is 6.05. The molecule has 0 saturated heterocycles. The van der Waals surface area contributed by atoms with Crippen LogP contribution in [0.25, 0.3) is 11.1 Å². The van der Waals surface area contributed by atoms with E-state index in [0.29, 0.717) is 33.0 Å². The van der Waals surface area contributed by atoms with E-state index < -0.39 is 15.6 Å². The van der Waals surface area contributed by atoms with Crippen molar-refractivity contribution in [2.45, 2.75) is 17.6 Å². The molecule has 6 nitrogen and oxygen atoms in total. The number of rotatable bonds is 4. The molecule has 2 aromatic carbocycles. The van der Waals surface area contributed by atoms with Crippen LogP contribution >= 0.6 is 11.6 Å². The van der Waals surface area contributed by atoms with Crippen molar-refractivity contribution >= 4 is 32.5 Å². The van der Waals surface area contributed by atoms with E-state index in [1.165, 1.54) is 24.8 Å². The summed E-state index contributed by atoms with van der Waals surface area (Å²) in [6, 6.07) is 7.85. The predicted octanol–water partition coefficient (Wildman–Crippen LogP) is 3.08. The van der Waals surface area contributed by atoms with Gasteiger partial charge in [-0.1, -0.05) is 11.6 Å². The molecule has 0 bridgehead atoms. The normalized spacial score (nSPS) is 11.8. The Labute approximate surface area is 149 Å². The number of ether oxygens (including phenoxy) is 1. The van der Waals surface area contributed by atoms with Gasteiger partial charge in [-0.15, -0.1) is 0 Å². The molecule has 0 atom stereocenters. The average Bonchev–Trinajstić information content (AvgIpc) is 2.80. The van der Waals surface area contributed by atoms with Gasteiger partial charge in [0.1, 0.15) is 5.75 Å². The van der Waals surface area contributed by atoms with Gasteiger partial charge in [-0.2, -0.15) is 0 Å². The summed E-state index contributed by atoms with van der Waals surface area (Å²) in [5, 5.41) is 0.426. The first-order chi connectivity index (χ1) is 11.7. The van der Waals surface area contributed by atoms with E-state index in [1.54, 1.807) is 31.2 Å². The summed E-state index contributed by atoms with van der Waals surface area (Å²) in [5.74, 6) is -0.364. The van der Waals surface area contributed by atoms with E-state index >= 15 is 0 Å². The molecule has 1 aromatic heterocycles. The third-order valence-electron chi connectivity index (χ3n) is 4.01. The molecule has 0 amide bonds. The van der Waals surface area contributed by atoms with Crippen LogP contribution in [-0.4, -0.2) is 20.1 Å². The maximum atomic E-state index is 12.9. The zero-order valence-corrected chi connectivity index (χ0v) is 15.4. The lowest BCUT2D eigenvalue weighted by Crippen LogP contribution is -2.10. The van der Waals surface area contributed by atoms with Crippen molar-refractivity contribution in [3.63, 3.8) is 0 Å². The summed E-state index contributed by atoms with van der Waals surface area (Å²) in [5.41, 5.74) is 1.75. The maximum Gasteiger partial charge on any atom is 0.419 e. The number of hydrogen-bond donors (Lipinski definition) is 0. The smallest absolute Gasteiger partial charge is 0.419 e. The molecule has 0 unspecified atom stereocenters. The average molecular weight is 382 g/mol. The van der Waals surface area contributed by atoms with Crippen molar-refractivity contribution in [3.8, 4) is 5.75 Å². The Morgan fingerprint density at radius 3 is 2.64 bits per heavy atom. The molecule has 0 spiro atoms. The first kappa shape index (κ1) is 17.6. The largest absolute Gasteiger partial charge is 0.496 e. The van der Waals surface area contributed by atoms with Crippen LogP contribution in [0.4, 0.5) is 0 Å². The van der Waals surface area contributed by atoms with Crippen molar-refractivity contribution in [2.75, 3.05) is 7.11 Å². The zero-order chi connectivity index (χ0) is 18.4. The van der Waals surface area contributed by atoms with Crippen LogP contribution in [0.1, 0.15) is 11.1 Å². The highest BCUT2D eigenvalue weighted by Gasteiger charge is 2.22. The Bertz CT molecular complexity index is 1130. The highest BCUT2D eigenvalue weighted by atomic mass is 35.5. The van der Waals surface area contributed by atoms with Gasteiger partial charge in [0.05, 0.1) is 23.3 Å². The lowest BCUT2D eigenvalue weighted by Gasteiger charge is -2.11. The highest BCUT2D eigenvalue weighted by molar-refractivity contribution is 7.90. The molecule has 0 radical (unpaired) electrons. The van der Waals surface area contributed by atoms with Crippen molar-refractivity contribution in [2.24, 2.45) is 7.05 Å². The highest BCUT2D eigenvalue weighted by Crippen LogP contribution is 2.29. The Balaban J connectivity index is 2.13. The minimum atomic E-state index is -3.69. The van der Waals surface area contributed by atoms with Crippen LogP contribution in [0.2, 0.25) is 5.02 Å². The van der Waals surface area contributed by atoms with Crippen LogP contribution < -0.4 is 10.5 Å². The fourth-order valence-electron chi connectivity index (χ4n) is 2.73. The molecule has 3 aromatic rings. The van der Waals surface area contributed by atoms with Crippen LogP contribution in [0.3, 0.4) is 0 Å². The Kier molecular flexibility index (Phi) is 4.38. The Morgan fingerprint density at radius 1 is 1.24 bits per heavy atom. The first-order valence-electron chi connectivity index (χ1n) is 7.38. The number of oxazole rings is 1. The number of aryl methyl sites for hydroxylation is 2. The van der Waals surface area contributed by atoms with Gasteiger partial charge in [-0.3, -0.25) is 4.57 Å². The van der Waals surface area contributed by atoms with Crippen LogP contribution in [0, 0.1) is 6.92 Å². The van der Waals surface area contributed by atoms with Gasteiger partial charge in [-0.05, 0) is 42.8 Å². The Hall–Kier alpha value is -2.25. The number of sulfone groups is 1. The van der Waals surface area contributed by atoms with Gasteiger partial charge in [-0.25, -0.2) is 13.2 Å². The molecular formula is C17H16ClNO5S. The second-order valence-corrected chi connectivity index (χ2v) is 8.12. The summed E-state index contributed by atoms with van der Waals surface area (Å²) in [6.07, 6.45) is 0. The van der Waals surface area contributed by atoms with Crippen molar-refractivity contribution in [3.05, 3.63) is 57.0 Å². The van der Waals surface area contributed by atoms with E-state index in [-0.39, 0.29) is 10.6 Å². The molecule has 0 aliphatic carbocycles. The van der Waals surface area contributed by atoms with Crippen LogP contribution in [-0.2, 0) is 22.6 Å². The minimum absolute atomic E-state index is 0.137. The summed E-state index contributed by atoms with van der Waals surface area (Å²) in [6.45, 7) is 1.66. The topological polar surface area (TPSA) is 78.5 Å². The molecule has 0 saturated carbocycles. The van der Waals surface area contributed by atoms with Crippen LogP contribution in [0.5, 0.6) is 5.75 Å². The molecule has 0 aliphatic heterocycles. The van der Waals surface area contributed by atoms with Gasteiger partial charge in [0.25, 0.3) is 0 Å². The molecule has 0 N–H and O–H groups in total. The standard InChI is InChI=1S/C17H16ClNO5S/c1-10-6-15-13(19(2)17(20)24-15)8-16(10)25(21,22)9-11-7-12(18)4-5-14(11)23-3/h4-8H,9H2,1-3H3. The van der Waals surface area contributed by atoms with Crippen molar-refractivity contribution in [1.29, 1.82) is 0 Å². The van der Waals surface area contributed by atoms with Gasteiger partial charge < -0.3 is 9.15 Å². The first-order valence-corrected chi connectivity index (χ1v) is 9.41. The summed E-state index contributed by atoms with van der Waals surface area (Å²) >= 11 is 5.98. The van der Waals surface area contributed by atoms with Gasteiger partial charge >= 0.3 is 5.76 Å². The zero-order valence-electron chi connectivity index (χ0n) is 13.9. The summed E-state index contributed by atoms with van der Waals surface area (Å²) < 4.78 is 37.5. The Morgan fingerprint density at radius 2 is 1.96 bits per heavy atom. The fraction of sp³-hybridized carbons (Fsp3) is 0.235. The fourth-order valence-corrected chi connectivity index (χ4v) is 4.56.